The topological polar surface area (TPSA) is 45.8 Å². The third kappa shape index (κ3) is 1.37. The Morgan fingerprint density at radius 1 is 1.43 bits per heavy atom. The Morgan fingerprint density at radius 3 is 2.86 bits per heavy atom. The van der Waals surface area contributed by atoms with E-state index in [1.165, 1.54) is 11.2 Å². The van der Waals surface area contributed by atoms with E-state index < -0.39 is 0 Å². The van der Waals surface area contributed by atoms with Crippen LogP contribution in [0.4, 0.5) is 0 Å². The van der Waals surface area contributed by atoms with Crippen LogP contribution in [0, 0.1) is 13.8 Å². The van der Waals surface area contributed by atoms with Crippen molar-refractivity contribution in [2.75, 3.05) is 0 Å². The second-order valence-electron chi connectivity index (χ2n) is 3.10. The Labute approximate surface area is 85.5 Å². The molecule has 0 aliphatic carbocycles. The molecular weight excluding hydrogens is 196 g/mol. The van der Waals surface area contributed by atoms with Crippen molar-refractivity contribution in [2.45, 2.75) is 13.8 Å². The van der Waals surface area contributed by atoms with Gasteiger partial charge in [-0.15, -0.1) is 11.3 Å². The van der Waals surface area contributed by atoms with Crippen LogP contribution < -0.4 is 5.56 Å². The van der Waals surface area contributed by atoms with Gasteiger partial charge in [0.15, 0.2) is 0 Å². The Balaban J connectivity index is 2.69. The summed E-state index contributed by atoms with van der Waals surface area (Å²) < 4.78 is 0. The minimum atomic E-state index is -0.0689. The molecule has 0 aliphatic heterocycles. The molecule has 0 spiro atoms. The standard InChI is InChI=1S/C10H10N2OS/c1-6-9(11-5-12-10(6)13)8-3-4-14-7(8)2/h3-5H,1-2H3,(H,11,12,13). The van der Waals surface area contributed by atoms with E-state index in [9.17, 15) is 4.79 Å². The summed E-state index contributed by atoms with van der Waals surface area (Å²) in [6.45, 7) is 3.82. The molecule has 2 aromatic rings. The number of hydrogen-bond acceptors (Lipinski definition) is 3. The first kappa shape index (κ1) is 9.15. The van der Waals surface area contributed by atoms with Crippen LogP contribution in [-0.4, -0.2) is 9.97 Å². The molecule has 2 aromatic heterocycles. The monoisotopic (exact) mass is 206 g/mol. The molecule has 2 heterocycles. The first-order valence-corrected chi connectivity index (χ1v) is 5.17. The van der Waals surface area contributed by atoms with Gasteiger partial charge in [0.2, 0.25) is 0 Å². The van der Waals surface area contributed by atoms with Gasteiger partial charge in [0.25, 0.3) is 5.56 Å². The predicted molar refractivity (Wildman–Crippen MR) is 57.6 cm³/mol. The quantitative estimate of drug-likeness (QED) is 0.776. The number of aryl methyl sites for hydroxylation is 1. The van der Waals surface area contributed by atoms with E-state index in [4.69, 9.17) is 0 Å². The van der Waals surface area contributed by atoms with Gasteiger partial charge in [-0.25, -0.2) is 4.98 Å². The van der Waals surface area contributed by atoms with Crippen molar-refractivity contribution in [2.24, 2.45) is 0 Å². The van der Waals surface area contributed by atoms with Crippen molar-refractivity contribution in [3.8, 4) is 11.3 Å². The summed E-state index contributed by atoms with van der Waals surface area (Å²) in [6, 6.07) is 1.99. The highest BCUT2D eigenvalue weighted by Gasteiger charge is 2.09. The normalized spacial score (nSPS) is 10.4. The van der Waals surface area contributed by atoms with E-state index in [-0.39, 0.29) is 5.56 Å². The van der Waals surface area contributed by atoms with Crippen LogP contribution in [0.15, 0.2) is 22.6 Å². The Bertz CT molecular complexity index is 513. The zero-order chi connectivity index (χ0) is 10.1. The van der Waals surface area contributed by atoms with E-state index in [0.717, 1.165) is 11.3 Å². The molecule has 0 unspecified atom stereocenters. The molecule has 1 N–H and O–H groups in total. The highest BCUT2D eigenvalue weighted by Crippen LogP contribution is 2.26. The van der Waals surface area contributed by atoms with E-state index >= 15 is 0 Å². The molecule has 72 valence electrons. The van der Waals surface area contributed by atoms with Crippen molar-refractivity contribution in [3.05, 3.63) is 38.6 Å². The number of aromatic amines is 1. The third-order valence-corrected chi connectivity index (χ3v) is 3.04. The minimum Gasteiger partial charge on any atom is -0.313 e. The fourth-order valence-corrected chi connectivity index (χ4v) is 2.07. The summed E-state index contributed by atoms with van der Waals surface area (Å²) in [5.41, 5.74) is 2.45. The molecule has 4 heteroatoms. The number of H-pyrrole nitrogens is 1. The predicted octanol–water partition coefficient (Wildman–Crippen LogP) is 2.12. The van der Waals surface area contributed by atoms with Crippen molar-refractivity contribution >= 4 is 11.3 Å². The lowest BCUT2D eigenvalue weighted by Crippen LogP contribution is -2.11. The Morgan fingerprint density at radius 2 is 2.21 bits per heavy atom. The number of aromatic nitrogens is 2. The van der Waals surface area contributed by atoms with Gasteiger partial charge in [0.05, 0.1) is 12.0 Å². The van der Waals surface area contributed by atoms with Crippen molar-refractivity contribution < 1.29 is 0 Å². The number of rotatable bonds is 1. The molecule has 14 heavy (non-hydrogen) atoms. The number of hydrogen-bond donors (Lipinski definition) is 1. The van der Waals surface area contributed by atoms with Crippen molar-refractivity contribution in [3.63, 3.8) is 0 Å². The van der Waals surface area contributed by atoms with Gasteiger partial charge in [0, 0.05) is 16.0 Å². The summed E-state index contributed by atoms with van der Waals surface area (Å²) in [4.78, 5) is 19.3. The lowest BCUT2D eigenvalue weighted by Gasteiger charge is -2.01. The van der Waals surface area contributed by atoms with Crippen LogP contribution in [0.25, 0.3) is 11.3 Å². The maximum absolute atomic E-state index is 11.4. The summed E-state index contributed by atoms with van der Waals surface area (Å²) in [6.07, 6.45) is 1.45. The van der Waals surface area contributed by atoms with Crippen molar-refractivity contribution in [1.82, 2.24) is 9.97 Å². The van der Waals surface area contributed by atoms with Crippen LogP contribution in [0.2, 0.25) is 0 Å². The molecule has 0 amide bonds. The first-order chi connectivity index (χ1) is 6.70. The molecule has 0 radical (unpaired) electrons. The van der Waals surface area contributed by atoms with Crippen LogP contribution in [-0.2, 0) is 0 Å². The minimum absolute atomic E-state index is 0.0689. The van der Waals surface area contributed by atoms with Crippen LogP contribution >= 0.6 is 11.3 Å². The molecule has 0 saturated carbocycles. The van der Waals surface area contributed by atoms with E-state index in [0.29, 0.717) is 5.56 Å². The van der Waals surface area contributed by atoms with Crippen LogP contribution in [0.1, 0.15) is 10.4 Å². The molecule has 0 fully saturated rings. The summed E-state index contributed by atoms with van der Waals surface area (Å²) in [7, 11) is 0. The molecule has 0 aromatic carbocycles. The summed E-state index contributed by atoms with van der Waals surface area (Å²) in [5, 5.41) is 2.01. The van der Waals surface area contributed by atoms with Gasteiger partial charge in [0.1, 0.15) is 0 Å². The molecule has 2 rings (SSSR count). The molecule has 0 aliphatic rings. The number of nitrogens with one attached hydrogen (secondary N) is 1. The Kier molecular flexibility index (Phi) is 2.21. The second-order valence-corrected chi connectivity index (χ2v) is 4.22. The van der Waals surface area contributed by atoms with Crippen LogP contribution in [0.3, 0.4) is 0 Å². The van der Waals surface area contributed by atoms with Gasteiger partial charge >= 0.3 is 0 Å². The van der Waals surface area contributed by atoms with Crippen molar-refractivity contribution in [1.29, 1.82) is 0 Å². The van der Waals surface area contributed by atoms with E-state index in [2.05, 4.69) is 9.97 Å². The Hall–Kier alpha value is -1.42. The van der Waals surface area contributed by atoms with Gasteiger partial charge in [-0.1, -0.05) is 0 Å². The zero-order valence-corrected chi connectivity index (χ0v) is 8.81. The largest absolute Gasteiger partial charge is 0.313 e. The van der Waals surface area contributed by atoms with Gasteiger partial charge in [-0.05, 0) is 25.3 Å². The fourth-order valence-electron chi connectivity index (χ4n) is 1.37. The highest BCUT2D eigenvalue weighted by molar-refractivity contribution is 7.10. The molecule has 0 bridgehead atoms. The smallest absolute Gasteiger partial charge is 0.254 e. The summed E-state index contributed by atoms with van der Waals surface area (Å²) in [5.74, 6) is 0. The molecule has 3 nitrogen and oxygen atoms in total. The summed E-state index contributed by atoms with van der Waals surface area (Å²) >= 11 is 1.66. The molecular formula is C10H10N2OS. The maximum atomic E-state index is 11.4. The molecule has 0 atom stereocenters. The fraction of sp³-hybridized carbons (Fsp3) is 0.200. The zero-order valence-electron chi connectivity index (χ0n) is 8.00. The lowest BCUT2D eigenvalue weighted by atomic mass is 10.1. The number of thiophene rings is 1. The maximum Gasteiger partial charge on any atom is 0.254 e. The highest BCUT2D eigenvalue weighted by atomic mass is 32.1. The number of nitrogens with zero attached hydrogens (tertiary/aromatic N) is 1. The van der Waals surface area contributed by atoms with E-state index in [1.54, 1.807) is 18.3 Å². The molecule has 0 saturated heterocycles. The average molecular weight is 206 g/mol. The lowest BCUT2D eigenvalue weighted by molar-refractivity contribution is 1.08. The van der Waals surface area contributed by atoms with Gasteiger partial charge in [-0.3, -0.25) is 4.79 Å². The average Bonchev–Trinajstić information content (AvgIpc) is 2.57. The SMILES string of the molecule is Cc1sccc1-c1nc[nH]c(=O)c1C. The first-order valence-electron chi connectivity index (χ1n) is 4.29. The third-order valence-electron chi connectivity index (χ3n) is 2.20. The van der Waals surface area contributed by atoms with Gasteiger partial charge < -0.3 is 4.98 Å². The van der Waals surface area contributed by atoms with E-state index in [1.807, 2.05) is 18.4 Å². The van der Waals surface area contributed by atoms with Crippen LogP contribution in [0.5, 0.6) is 0 Å². The van der Waals surface area contributed by atoms with Gasteiger partial charge in [-0.2, -0.15) is 0 Å². The second kappa shape index (κ2) is 3.38.